The van der Waals surface area contributed by atoms with E-state index in [9.17, 15) is 9.59 Å². The zero-order chi connectivity index (χ0) is 14.4. The molecule has 1 rings (SSSR count). The molecular weight excluding hydrogens is 240 g/mol. The van der Waals surface area contributed by atoms with Crippen LogP contribution in [0.1, 0.15) is 33.1 Å². The van der Waals surface area contributed by atoms with Gasteiger partial charge in [-0.15, -0.1) is 0 Å². The van der Waals surface area contributed by atoms with Gasteiger partial charge in [0.15, 0.2) is 0 Å². The minimum absolute atomic E-state index is 0.0436. The first kappa shape index (κ1) is 15.7. The van der Waals surface area contributed by atoms with Crippen molar-refractivity contribution in [2.24, 2.45) is 11.8 Å². The lowest BCUT2D eigenvalue weighted by atomic mass is 9.89. The highest BCUT2D eigenvalue weighted by atomic mass is 16.2. The molecule has 0 saturated carbocycles. The average Bonchev–Trinajstić information content (AvgIpc) is 2.63. The molecule has 1 atom stereocenters. The Bertz CT molecular complexity index is 339. The van der Waals surface area contributed by atoms with E-state index >= 15 is 0 Å². The molecule has 1 unspecified atom stereocenters. The van der Waals surface area contributed by atoms with Crippen LogP contribution < -0.4 is 0 Å². The second-order valence-corrected chi connectivity index (χ2v) is 5.71. The van der Waals surface area contributed by atoms with Crippen LogP contribution in [-0.2, 0) is 9.59 Å². The second-order valence-electron chi connectivity index (χ2n) is 5.71. The third kappa shape index (κ3) is 4.69. The summed E-state index contributed by atoms with van der Waals surface area (Å²) in [5.41, 5.74) is 0. The van der Waals surface area contributed by atoms with E-state index in [1.165, 1.54) is 17.4 Å². The van der Waals surface area contributed by atoms with E-state index in [1.807, 2.05) is 4.90 Å². The van der Waals surface area contributed by atoms with Gasteiger partial charge in [-0.05, 0) is 37.2 Å². The van der Waals surface area contributed by atoms with Gasteiger partial charge in [-0.2, -0.15) is 0 Å². The lowest BCUT2D eigenvalue weighted by Crippen LogP contribution is -2.41. The molecule has 0 bridgehead atoms. The van der Waals surface area contributed by atoms with Crippen molar-refractivity contribution < 1.29 is 9.59 Å². The van der Waals surface area contributed by atoms with Crippen molar-refractivity contribution in [1.82, 2.24) is 9.80 Å². The molecule has 1 aliphatic heterocycles. The Labute approximate surface area is 116 Å². The van der Waals surface area contributed by atoms with E-state index in [-0.39, 0.29) is 18.4 Å². The van der Waals surface area contributed by atoms with E-state index in [1.54, 1.807) is 7.05 Å². The van der Waals surface area contributed by atoms with Crippen LogP contribution in [0.25, 0.3) is 0 Å². The molecule has 0 aliphatic carbocycles. The maximum absolute atomic E-state index is 12.2. The number of carbonyl (C=O) groups is 2. The van der Waals surface area contributed by atoms with Crippen molar-refractivity contribution >= 4 is 11.8 Å². The zero-order valence-corrected chi connectivity index (χ0v) is 12.4. The SMILES string of the molecule is C=CC(=O)N(C)CC(=O)N1CCCC(C(C)C)CC1. The molecule has 0 aromatic heterocycles. The number of hydrogen-bond acceptors (Lipinski definition) is 2. The standard InChI is InChI=1S/C15H26N2O2/c1-5-14(18)16(4)11-15(19)17-9-6-7-13(8-10-17)12(2)3/h5,12-13H,1,6-11H2,2-4H3. The normalized spacial score (nSPS) is 20.0. The molecule has 19 heavy (non-hydrogen) atoms. The molecule has 0 N–H and O–H groups in total. The molecule has 0 radical (unpaired) electrons. The fourth-order valence-corrected chi connectivity index (χ4v) is 2.57. The summed E-state index contributed by atoms with van der Waals surface area (Å²) in [5, 5.41) is 0. The summed E-state index contributed by atoms with van der Waals surface area (Å²) in [5.74, 6) is 1.23. The topological polar surface area (TPSA) is 40.6 Å². The van der Waals surface area contributed by atoms with Gasteiger partial charge in [-0.25, -0.2) is 0 Å². The molecule has 1 saturated heterocycles. The minimum atomic E-state index is -0.205. The van der Waals surface area contributed by atoms with Gasteiger partial charge < -0.3 is 9.80 Å². The van der Waals surface area contributed by atoms with Crippen molar-refractivity contribution in [3.63, 3.8) is 0 Å². The number of carbonyl (C=O) groups excluding carboxylic acids is 2. The first-order valence-electron chi connectivity index (χ1n) is 7.11. The third-order valence-corrected chi connectivity index (χ3v) is 3.99. The Hall–Kier alpha value is -1.32. The quantitative estimate of drug-likeness (QED) is 0.729. The summed E-state index contributed by atoms with van der Waals surface area (Å²) in [6, 6.07) is 0. The summed E-state index contributed by atoms with van der Waals surface area (Å²) < 4.78 is 0. The summed E-state index contributed by atoms with van der Waals surface area (Å²) in [4.78, 5) is 26.8. The van der Waals surface area contributed by atoms with Crippen molar-refractivity contribution in [3.05, 3.63) is 12.7 Å². The van der Waals surface area contributed by atoms with Crippen LogP contribution >= 0.6 is 0 Å². The molecule has 0 aromatic rings. The monoisotopic (exact) mass is 266 g/mol. The van der Waals surface area contributed by atoms with Crippen molar-refractivity contribution in [2.75, 3.05) is 26.7 Å². The van der Waals surface area contributed by atoms with Crippen molar-refractivity contribution in [1.29, 1.82) is 0 Å². The highest BCUT2D eigenvalue weighted by Gasteiger charge is 2.23. The van der Waals surface area contributed by atoms with Gasteiger partial charge in [0, 0.05) is 20.1 Å². The Morgan fingerprint density at radius 3 is 2.63 bits per heavy atom. The summed E-state index contributed by atoms with van der Waals surface area (Å²) in [7, 11) is 1.64. The van der Waals surface area contributed by atoms with Crippen LogP contribution in [-0.4, -0.2) is 48.3 Å². The predicted octanol–water partition coefficient (Wildman–Crippen LogP) is 1.92. The minimum Gasteiger partial charge on any atom is -0.341 e. The van der Waals surface area contributed by atoms with Gasteiger partial charge in [-0.3, -0.25) is 9.59 Å². The van der Waals surface area contributed by atoms with Gasteiger partial charge >= 0.3 is 0 Å². The first-order chi connectivity index (χ1) is 8.95. The van der Waals surface area contributed by atoms with Gasteiger partial charge in [0.05, 0.1) is 6.54 Å². The van der Waals surface area contributed by atoms with Crippen LogP contribution in [0.4, 0.5) is 0 Å². The highest BCUT2D eigenvalue weighted by molar-refractivity contribution is 5.90. The predicted molar refractivity (Wildman–Crippen MR) is 76.6 cm³/mol. The molecule has 4 nitrogen and oxygen atoms in total. The highest BCUT2D eigenvalue weighted by Crippen LogP contribution is 2.24. The molecule has 1 fully saturated rings. The van der Waals surface area contributed by atoms with E-state index in [4.69, 9.17) is 0 Å². The number of likely N-dealkylation sites (N-methyl/N-ethyl adjacent to an activating group) is 1. The van der Waals surface area contributed by atoms with Crippen LogP contribution in [0.5, 0.6) is 0 Å². The number of hydrogen-bond donors (Lipinski definition) is 0. The lowest BCUT2D eigenvalue weighted by molar-refractivity contribution is -0.137. The van der Waals surface area contributed by atoms with Gasteiger partial charge in [-0.1, -0.05) is 20.4 Å². The summed E-state index contributed by atoms with van der Waals surface area (Å²) in [6.45, 7) is 9.71. The Morgan fingerprint density at radius 2 is 2.05 bits per heavy atom. The maximum atomic E-state index is 12.2. The van der Waals surface area contributed by atoms with Crippen LogP contribution in [0.15, 0.2) is 12.7 Å². The molecule has 108 valence electrons. The zero-order valence-electron chi connectivity index (χ0n) is 12.4. The number of nitrogens with zero attached hydrogens (tertiary/aromatic N) is 2. The van der Waals surface area contributed by atoms with Crippen LogP contribution in [0.3, 0.4) is 0 Å². The van der Waals surface area contributed by atoms with Gasteiger partial charge in [0.1, 0.15) is 0 Å². The van der Waals surface area contributed by atoms with E-state index in [2.05, 4.69) is 20.4 Å². The van der Waals surface area contributed by atoms with Gasteiger partial charge in [0.25, 0.3) is 0 Å². The molecule has 0 aromatic carbocycles. The lowest BCUT2D eigenvalue weighted by Gasteiger charge is -2.24. The fourth-order valence-electron chi connectivity index (χ4n) is 2.57. The van der Waals surface area contributed by atoms with Crippen molar-refractivity contribution in [3.8, 4) is 0 Å². The van der Waals surface area contributed by atoms with E-state index < -0.39 is 0 Å². The number of likely N-dealkylation sites (tertiary alicyclic amines) is 1. The number of amides is 2. The maximum Gasteiger partial charge on any atom is 0.246 e. The molecule has 1 aliphatic rings. The van der Waals surface area contributed by atoms with E-state index in [0.29, 0.717) is 11.8 Å². The fraction of sp³-hybridized carbons (Fsp3) is 0.733. The summed E-state index contributed by atoms with van der Waals surface area (Å²) >= 11 is 0. The third-order valence-electron chi connectivity index (χ3n) is 3.99. The van der Waals surface area contributed by atoms with E-state index in [0.717, 1.165) is 25.9 Å². The Morgan fingerprint density at radius 1 is 1.37 bits per heavy atom. The summed E-state index contributed by atoms with van der Waals surface area (Å²) in [6.07, 6.45) is 4.57. The first-order valence-corrected chi connectivity index (χ1v) is 7.11. The largest absolute Gasteiger partial charge is 0.341 e. The number of rotatable bonds is 4. The molecule has 1 heterocycles. The Kier molecular flexibility index (Phi) is 6.06. The van der Waals surface area contributed by atoms with Crippen LogP contribution in [0.2, 0.25) is 0 Å². The molecular formula is C15H26N2O2. The van der Waals surface area contributed by atoms with Crippen LogP contribution in [0, 0.1) is 11.8 Å². The second kappa shape index (κ2) is 7.31. The molecule has 2 amide bonds. The van der Waals surface area contributed by atoms with Crippen molar-refractivity contribution in [2.45, 2.75) is 33.1 Å². The molecule has 4 heteroatoms. The Balaban J connectivity index is 2.49. The smallest absolute Gasteiger partial charge is 0.246 e. The molecule has 0 spiro atoms. The van der Waals surface area contributed by atoms with Gasteiger partial charge in [0.2, 0.25) is 11.8 Å². The average molecular weight is 266 g/mol.